The predicted octanol–water partition coefficient (Wildman–Crippen LogP) is 0.724. The van der Waals surface area contributed by atoms with Gasteiger partial charge in [-0.05, 0) is 24.8 Å². The second-order valence-corrected chi connectivity index (χ2v) is 4.53. The van der Waals surface area contributed by atoms with E-state index in [1.54, 1.807) is 16.9 Å². The molecule has 5 heteroatoms. The molecular weight excluding hydrogens is 204 g/mol. The van der Waals surface area contributed by atoms with Crippen molar-refractivity contribution in [2.24, 2.45) is 5.92 Å². The Morgan fingerprint density at radius 1 is 1.69 bits per heavy atom. The Morgan fingerprint density at radius 2 is 2.50 bits per heavy atom. The summed E-state index contributed by atoms with van der Waals surface area (Å²) in [5, 5.41) is 4.01. The number of likely N-dealkylation sites (tertiary alicyclic amines) is 1. The van der Waals surface area contributed by atoms with Gasteiger partial charge in [-0.3, -0.25) is 9.48 Å². The Kier molecular flexibility index (Phi) is 3.12. The summed E-state index contributed by atoms with van der Waals surface area (Å²) in [5.41, 5.74) is 5.50. The maximum Gasteiger partial charge on any atom is 0.244 e. The summed E-state index contributed by atoms with van der Waals surface area (Å²) < 4.78 is 1.59. The van der Waals surface area contributed by atoms with E-state index in [2.05, 4.69) is 12.0 Å². The third kappa shape index (κ3) is 2.53. The molecule has 0 aliphatic carbocycles. The lowest BCUT2D eigenvalue weighted by atomic mass is 10.0. The van der Waals surface area contributed by atoms with Crippen LogP contribution < -0.4 is 5.73 Å². The minimum absolute atomic E-state index is 0.134. The summed E-state index contributed by atoms with van der Waals surface area (Å²) in [6, 6.07) is 1.70. The van der Waals surface area contributed by atoms with Gasteiger partial charge in [-0.15, -0.1) is 0 Å². The van der Waals surface area contributed by atoms with Crippen LogP contribution in [0, 0.1) is 5.92 Å². The second-order valence-electron chi connectivity index (χ2n) is 4.53. The summed E-state index contributed by atoms with van der Waals surface area (Å²) >= 11 is 0. The number of nitrogens with zero attached hydrogens (tertiary/aromatic N) is 3. The maximum absolute atomic E-state index is 11.9. The number of piperidine rings is 1. The van der Waals surface area contributed by atoms with Gasteiger partial charge in [-0.25, -0.2) is 0 Å². The molecule has 16 heavy (non-hydrogen) atoms. The average Bonchev–Trinajstić information content (AvgIpc) is 2.64. The number of aromatic nitrogens is 2. The first-order valence-electron chi connectivity index (χ1n) is 5.72. The SMILES string of the molecule is CC1CCCN(C(=O)Cn2ccc(N)n2)C1. The van der Waals surface area contributed by atoms with Gasteiger partial charge in [0.2, 0.25) is 5.91 Å². The van der Waals surface area contributed by atoms with Gasteiger partial charge in [0.15, 0.2) is 0 Å². The summed E-state index contributed by atoms with van der Waals surface area (Å²) in [7, 11) is 0. The first-order chi connectivity index (χ1) is 7.65. The molecule has 0 spiro atoms. The molecule has 1 saturated heterocycles. The van der Waals surface area contributed by atoms with E-state index in [-0.39, 0.29) is 5.91 Å². The topological polar surface area (TPSA) is 64.2 Å². The van der Waals surface area contributed by atoms with Crippen molar-refractivity contribution in [1.82, 2.24) is 14.7 Å². The summed E-state index contributed by atoms with van der Waals surface area (Å²) in [6.07, 6.45) is 4.06. The third-order valence-corrected chi connectivity index (χ3v) is 2.97. The van der Waals surface area contributed by atoms with E-state index >= 15 is 0 Å². The molecular formula is C11H18N4O. The van der Waals surface area contributed by atoms with Gasteiger partial charge < -0.3 is 10.6 Å². The van der Waals surface area contributed by atoms with E-state index in [4.69, 9.17) is 5.73 Å². The lowest BCUT2D eigenvalue weighted by molar-refractivity contribution is -0.133. The molecule has 1 unspecified atom stereocenters. The lowest BCUT2D eigenvalue weighted by Gasteiger charge is -2.30. The molecule has 1 aliphatic rings. The second kappa shape index (κ2) is 4.55. The Labute approximate surface area is 95.2 Å². The number of hydrogen-bond donors (Lipinski definition) is 1. The van der Waals surface area contributed by atoms with Crippen LogP contribution >= 0.6 is 0 Å². The zero-order chi connectivity index (χ0) is 11.5. The third-order valence-electron chi connectivity index (χ3n) is 2.97. The van der Waals surface area contributed by atoms with Crippen molar-refractivity contribution in [2.45, 2.75) is 26.3 Å². The van der Waals surface area contributed by atoms with E-state index in [1.165, 1.54) is 6.42 Å². The number of nitrogens with two attached hydrogens (primary N) is 1. The molecule has 5 nitrogen and oxygen atoms in total. The maximum atomic E-state index is 11.9. The lowest BCUT2D eigenvalue weighted by Crippen LogP contribution is -2.40. The Bertz CT molecular complexity index is 374. The monoisotopic (exact) mass is 222 g/mol. The zero-order valence-corrected chi connectivity index (χ0v) is 9.59. The van der Waals surface area contributed by atoms with Gasteiger partial charge in [0, 0.05) is 19.3 Å². The summed E-state index contributed by atoms with van der Waals surface area (Å²) in [4.78, 5) is 13.9. The van der Waals surface area contributed by atoms with Crippen LogP contribution in [0.3, 0.4) is 0 Å². The van der Waals surface area contributed by atoms with Gasteiger partial charge in [0.25, 0.3) is 0 Å². The molecule has 1 atom stereocenters. The van der Waals surface area contributed by atoms with Gasteiger partial charge in [0.1, 0.15) is 12.4 Å². The largest absolute Gasteiger partial charge is 0.382 e. The average molecular weight is 222 g/mol. The molecule has 2 rings (SSSR count). The number of nitrogen functional groups attached to an aromatic ring is 1. The number of hydrogen-bond acceptors (Lipinski definition) is 3. The van der Waals surface area contributed by atoms with E-state index in [1.807, 2.05) is 4.90 Å². The van der Waals surface area contributed by atoms with Gasteiger partial charge in [-0.2, -0.15) is 5.10 Å². The van der Waals surface area contributed by atoms with Crippen molar-refractivity contribution in [2.75, 3.05) is 18.8 Å². The van der Waals surface area contributed by atoms with Crippen LogP contribution in [0.5, 0.6) is 0 Å². The number of carbonyl (C=O) groups is 1. The highest BCUT2D eigenvalue weighted by atomic mass is 16.2. The normalized spacial score (nSPS) is 21.1. The molecule has 0 saturated carbocycles. The Morgan fingerprint density at radius 3 is 3.12 bits per heavy atom. The molecule has 0 bridgehead atoms. The molecule has 1 aromatic heterocycles. The molecule has 1 amide bonds. The molecule has 2 heterocycles. The van der Waals surface area contributed by atoms with Crippen molar-refractivity contribution in [3.8, 4) is 0 Å². The van der Waals surface area contributed by atoms with E-state index in [9.17, 15) is 4.79 Å². The standard InChI is InChI=1S/C11H18N4O/c1-9-3-2-5-14(7-9)11(16)8-15-6-4-10(12)13-15/h4,6,9H,2-3,5,7-8H2,1H3,(H2,12,13). The number of carbonyl (C=O) groups excluding carboxylic acids is 1. The Hall–Kier alpha value is -1.52. The predicted molar refractivity (Wildman–Crippen MR) is 61.6 cm³/mol. The van der Waals surface area contributed by atoms with Crippen LogP contribution in [0.1, 0.15) is 19.8 Å². The van der Waals surface area contributed by atoms with Crippen molar-refractivity contribution in [3.63, 3.8) is 0 Å². The highest BCUT2D eigenvalue weighted by Gasteiger charge is 2.20. The number of anilines is 1. The van der Waals surface area contributed by atoms with Crippen molar-refractivity contribution < 1.29 is 4.79 Å². The van der Waals surface area contributed by atoms with E-state index in [0.717, 1.165) is 19.5 Å². The molecule has 1 aromatic rings. The van der Waals surface area contributed by atoms with Crippen LogP contribution in [0.2, 0.25) is 0 Å². The zero-order valence-electron chi connectivity index (χ0n) is 9.59. The first-order valence-corrected chi connectivity index (χ1v) is 5.72. The number of amides is 1. The van der Waals surface area contributed by atoms with Crippen LogP contribution in [0.4, 0.5) is 5.82 Å². The molecule has 88 valence electrons. The summed E-state index contributed by atoms with van der Waals surface area (Å²) in [6.45, 7) is 4.23. The van der Waals surface area contributed by atoms with Crippen LogP contribution in [0.15, 0.2) is 12.3 Å². The fourth-order valence-corrected chi connectivity index (χ4v) is 2.12. The first kappa shape index (κ1) is 11.0. The number of rotatable bonds is 2. The van der Waals surface area contributed by atoms with E-state index in [0.29, 0.717) is 18.3 Å². The molecule has 2 N–H and O–H groups in total. The van der Waals surface area contributed by atoms with Crippen LogP contribution in [-0.4, -0.2) is 33.7 Å². The van der Waals surface area contributed by atoms with Gasteiger partial charge >= 0.3 is 0 Å². The quantitative estimate of drug-likeness (QED) is 0.802. The molecule has 0 radical (unpaired) electrons. The fourth-order valence-electron chi connectivity index (χ4n) is 2.12. The fraction of sp³-hybridized carbons (Fsp3) is 0.636. The van der Waals surface area contributed by atoms with Gasteiger partial charge in [-0.1, -0.05) is 6.92 Å². The van der Waals surface area contributed by atoms with Crippen molar-refractivity contribution >= 4 is 11.7 Å². The molecule has 1 fully saturated rings. The van der Waals surface area contributed by atoms with Gasteiger partial charge in [0.05, 0.1) is 0 Å². The van der Waals surface area contributed by atoms with E-state index < -0.39 is 0 Å². The Balaban J connectivity index is 1.92. The summed E-state index contributed by atoms with van der Waals surface area (Å²) in [5.74, 6) is 1.20. The minimum atomic E-state index is 0.134. The van der Waals surface area contributed by atoms with Crippen LogP contribution in [0.25, 0.3) is 0 Å². The minimum Gasteiger partial charge on any atom is -0.382 e. The highest BCUT2D eigenvalue weighted by molar-refractivity contribution is 5.76. The molecule has 1 aliphatic heterocycles. The highest BCUT2D eigenvalue weighted by Crippen LogP contribution is 2.15. The van der Waals surface area contributed by atoms with Crippen molar-refractivity contribution in [1.29, 1.82) is 0 Å². The molecule has 0 aromatic carbocycles. The smallest absolute Gasteiger partial charge is 0.244 e. The van der Waals surface area contributed by atoms with Crippen LogP contribution in [-0.2, 0) is 11.3 Å². The van der Waals surface area contributed by atoms with Crippen molar-refractivity contribution in [3.05, 3.63) is 12.3 Å².